The molecule has 0 saturated carbocycles. The summed E-state index contributed by atoms with van der Waals surface area (Å²) in [6.07, 6.45) is 2.65. The number of aryl methyl sites for hydroxylation is 1. The van der Waals surface area contributed by atoms with Gasteiger partial charge in [0.1, 0.15) is 5.58 Å². The summed E-state index contributed by atoms with van der Waals surface area (Å²) in [6.45, 7) is 2.77. The van der Waals surface area contributed by atoms with E-state index in [9.17, 15) is 0 Å². The van der Waals surface area contributed by atoms with Gasteiger partial charge < -0.3 is 10.2 Å². The van der Waals surface area contributed by atoms with Gasteiger partial charge in [0.25, 0.3) is 0 Å². The largest absolute Gasteiger partial charge is 0.464 e. The van der Waals surface area contributed by atoms with Crippen LogP contribution in [0.15, 0.2) is 28.9 Å². The van der Waals surface area contributed by atoms with Gasteiger partial charge in [0.05, 0.1) is 6.26 Å². The molecule has 2 nitrogen and oxygen atoms in total. The molecule has 0 atom stereocenters. The molecule has 13 heavy (non-hydrogen) atoms. The molecule has 0 saturated heterocycles. The summed E-state index contributed by atoms with van der Waals surface area (Å²) >= 11 is 0. The first-order chi connectivity index (χ1) is 6.33. The molecule has 0 bridgehead atoms. The fraction of sp³-hybridized carbons (Fsp3) is 0.273. The SMILES string of the molecule is Cc1c(CCN)ccc2ccoc12. The summed E-state index contributed by atoms with van der Waals surface area (Å²) in [6, 6.07) is 6.19. The number of nitrogens with two attached hydrogens (primary N) is 1. The highest BCUT2D eigenvalue weighted by Crippen LogP contribution is 2.22. The lowest BCUT2D eigenvalue weighted by molar-refractivity contribution is 0.612. The Morgan fingerprint density at radius 1 is 1.31 bits per heavy atom. The van der Waals surface area contributed by atoms with Crippen molar-refractivity contribution in [3.63, 3.8) is 0 Å². The molecule has 0 unspecified atom stereocenters. The van der Waals surface area contributed by atoms with Gasteiger partial charge in [-0.05, 0) is 37.1 Å². The first-order valence-corrected chi connectivity index (χ1v) is 4.48. The summed E-state index contributed by atoms with van der Waals surface area (Å²) in [5, 5.41) is 1.17. The Hall–Kier alpha value is -1.28. The van der Waals surface area contributed by atoms with Crippen molar-refractivity contribution in [2.24, 2.45) is 5.73 Å². The van der Waals surface area contributed by atoms with Crippen LogP contribution in [0.5, 0.6) is 0 Å². The highest BCUT2D eigenvalue weighted by molar-refractivity contribution is 5.81. The molecule has 2 rings (SSSR count). The normalized spacial score (nSPS) is 10.9. The predicted molar refractivity (Wildman–Crippen MR) is 53.7 cm³/mol. The minimum Gasteiger partial charge on any atom is -0.464 e. The van der Waals surface area contributed by atoms with E-state index in [4.69, 9.17) is 10.2 Å². The third kappa shape index (κ3) is 1.33. The van der Waals surface area contributed by atoms with E-state index < -0.39 is 0 Å². The quantitative estimate of drug-likeness (QED) is 0.760. The molecule has 68 valence electrons. The molecule has 0 radical (unpaired) electrons. The van der Waals surface area contributed by atoms with Crippen molar-refractivity contribution < 1.29 is 4.42 Å². The molecule has 2 aromatic rings. The molecule has 1 aromatic heterocycles. The molecule has 1 heterocycles. The minimum atomic E-state index is 0.688. The Balaban J connectivity index is 2.59. The minimum absolute atomic E-state index is 0.688. The molecule has 0 aliphatic heterocycles. The van der Waals surface area contributed by atoms with Gasteiger partial charge in [-0.15, -0.1) is 0 Å². The van der Waals surface area contributed by atoms with Gasteiger partial charge in [0.2, 0.25) is 0 Å². The van der Waals surface area contributed by atoms with Crippen LogP contribution in [-0.4, -0.2) is 6.54 Å². The molecule has 2 N–H and O–H groups in total. The number of furan rings is 1. The van der Waals surface area contributed by atoms with Crippen LogP contribution >= 0.6 is 0 Å². The summed E-state index contributed by atoms with van der Waals surface area (Å²) in [7, 11) is 0. The Kier molecular flexibility index (Phi) is 2.07. The van der Waals surface area contributed by atoms with E-state index in [2.05, 4.69) is 19.1 Å². The van der Waals surface area contributed by atoms with E-state index in [0.717, 1.165) is 12.0 Å². The number of hydrogen-bond donors (Lipinski definition) is 1. The molecule has 0 amide bonds. The number of fused-ring (bicyclic) bond motifs is 1. The van der Waals surface area contributed by atoms with Crippen molar-refractivity contribution in [1.29, 1.82) is 0 Å². The molecule has 2 heteroatoms. The average Bonchev–Trinajstić information content (AvgIpc) is 2.58. The lowest BCUT2D eigenvalue weighted by Crippen LogP contribution is -2.03. The van der Waals surface area contributed by atoms with Crippen LogP contribution in [0.1, 0.15) is 11.1 Å². The van der Waals surface area contributed by atoms with Crippen molar-refractivity contribution >= 4 is 11.0 Å². The van der Waals surface area contributed by atoms with E-state index in [0.29, 0.717) is 6.54 Å². The molecule has 0 aliphatic carbocycles. The highest BCUT2D eigenvalue weighted by atomic mass is 16.3. The third-order valence-corrected chi connectivity index (χ3v) is 2.40. The second kappa shape index (κ2) is 3.23. The molecular formula is C11H13NO. The van der Waals surface area contributed by atoms with Gasteiger partial charge in [-0.2, -0.15) is 0 Å². The third-order valence-electron chi connectivity index (χ3n) is 2.40. The van der Waals surface area contributed by atoms with Crippen LogP contribution in [0, 0.1) is 6.92 Å². The van der Waals surface area contributed by atoms with Crippen LogP contribution < -0.4 is 5.73 Å². The Morgan fingerprint density at radius 3 is 2.92 bits per heavy atom. The zero-order valence-corrected chi connectivity index (χ0v) is 7.71. The fourth-order valence-electron chi connectivity index (χ4n) is 1.64. The van der Waals surface area contributed by atoms with Crippen LogP contribution in [0.3, 0.4) is 0 Å². The number of hydrogen-bond acceptors (Lipinski definition) is 2. The van der Waals surface area contributed by atoms with Crippen LogP contribution in [0.4, 0.5) is 0 Å². The predicted octanol–water partition coefficient (Wildman–Crippen LogP) is 2.24. The number of rotatable bonds is 2. The summed E-state index contributed by atoms with van der Waals surface area (Å²) in [5.41, 5.74) is 9.01. The van der Waals surface area contributed by atoms with Crippen molar-refractivity contribution in [1.82, 2.24) is 0 Å². The maximum atomic E-state index is 5.52. The van der Waals surface area contributed by atoms with Crippen molar-refractivity contribution in [2.75, 3.05) is 6.54 Å². The average molecular weight is 175 g/mol. The Labute approximate surface area is 77.3 Å². The van der Waals surface area contributed by atoms with Gasteiger partial charge in [-0.25, -0.2) is 0 Å². The van der Waals surface area contributed by atoms with E-state index in [1.807, 2.05) is 6.07 Å². The summed E-state index contributed by atoms with van der Waals surface area (Å²) in [5.74, 6) is 0. The Morgan fingerprint density at radius 2 is 2.15 bits per heavy atom. The molecule has 0 aliphatic rings. The van der Waals surface area contributed by atoms with Crippen molar-refractivity contribution in [3.8, 4) is 0 Å². The standard InChI is InChI=1S/C11H13NO/c1-8-9(4-6-12)2-3-10-5-7-13-11(8)10/h2-3,5,7H,4,6,12H2,1H3. The molecule has 0 fully saturated rings. The van der Waals surface area contributed by atoms with E-state index in [-0.39, 0.29) is 0 Å². The lowest BCUT2D eigenvalue weighted by Gasteiger charge is -2.03. The van der Waals surface area contributed by atoms with Gasteiger partial charge in [-0.1, -0.05) is 12.1 Å². The summed E-state index contributed by atoms with van der Waals surface area (Å²) < 4.78 is 5.39. The highest BCUT2D eigenvalue weighted by Gasteiger charge is 2.04. The molecule has 0 spiro atoms. The van der Waals surface area contributed by atoms with Crippen LogP contribution in [0.2, 0.25) is 0 Å². The fourth-order valence-corrected chi connectivity index (χ4v) is 1.64. The monoisotopic (exact) mass is 175 g/mol. The van der Waals surface area contributed by atoms with Crippen molar-refractivity contribution in [2.45, 2.75) is 13.3 Å². The number of benzene rings is 1. The van der Waals surface area contributed by atoms with Gasteiger partial charge in [0.15, 0.2) is 0 Å². The molecular weight excluding hydrogens is 162 g/mol. The Bertz CT molecular complexity index is 417. The van der Waals surface area contributed by atoms with E-state index in [1.54, 1.807) is 6.26 Å². The van der Waals surface area contributed by atoms with Crippen LogP contribution in [-0.2, 0) is 6.42 Å². The summed E-state index contributed by atoms with van der Waals surface area (Å²) in [4.78, 5) is 0. The smallest absolute Gasteiger partial charge is 0.137 e. The zero-order valence-electron chi connectivity index (χ0n) is 7.71. The van der Waals surface area contributed by atoms with Crippen LogP contribution in [0.25, 0.3) is 11.0 Å². The first-order valence-electron chi connectivity index (χ1n) is 4.48. The molecule has 1 aromatic carbocycles. The second-order valence-corrected chi connectivity index (χ2v) is 3.23. The van der Waals surface area contributed by atoms with Gasteiger partial charge >= 0.3 is 0 Å². The lowest BCUT2D eigenvalue weighted by atomic mass is 10.0. The first kappa shape index (κ1) is 8.32. The topological polar surface area (TPSA) is 39.2 Å². The second-order valence-electron chi connectivity index (χ2n) is 3.23. The van der Waals surface area contributed by atoms with Gasteiger partial charge in [0, 0.05) is 5.39 Å². The van der Waals surface area contributed by atoms with E-state index >= 15 is 0 Å². The zero-order chi connectivity index (χ0) is 9.26. The maximum Gasteiger partial charge on any atom is 0.137 e. The van der Waals surface area contributed by atoms with Gasteiger partial charge in [-0.3, -0.25) is 0 Å². The van der Waals surface area contributed by atoms with E-state index in [1.165, 1.54) is 16.5 Å². The van der Waals surface area contributed by atoms with Crippen molar-refractivity contribution in [3.05, 3.63) is 35.6 Å². The maximum absolute atomic E-state index is 5.52.